The van der Waals surface area contributed by atoms with E-state index in [1.165, 1.54) is 11.3 Å². The van der Waals surface area contributed by atoms with Gasteiger partial charge in [0.25, 0.3) is 0 Å². The van der Waals surface area contributed by atoms with Crippen molar-refractivity contribution in [1.29, 1.82) is 0 Å². The van der Waals surface area contributed by atoms with Crippen LogP contribution >= 0.6 is 11.3 Å². The predicted molar refractivity (Wildman–Crippen MR) is 124 cm³/mol. The van der Waals surface area contributed by atoms with Gasteiger partial charge in [-0.05, 0) is 48.6 Å². The number of hydrogen-bond donors (Lipinski definition) is 2. The number of aromatic nitrogens is 1. The molecule has 2 N–H and O–H groups in total. The third kappa shape index (κ3) is 5.12. The lowest BCUT2D eigenvalue weighted by Gasteiger charge is -2.29. The number of sulfonamides is 1. The van der Waals surface area contributed by atoms with Crippen LogP contribution in [0, 0.1) is 5.92 Å². The van der Waals surface area contributed by atoms with Crippen LogP contribution in [0.1, 0.15) is 25.3 Å². The van der Waals surface area contributed by atoms with Gasteiger partial charge >= 0.3 is 0 Å². The molecule has 3 aromatic rings. The molecule has 2 heterocycles. The number of phenolic OH excluding ortho intramolecular Hbond substituents is 1. The van der Waals surface area contributed by atoms with Crippen LogP contribution in [0.25, 0.3) is 11.3 Å². The zero-order valence-electron chi connectivity index (χ0n) is 17.1. The van der Waals surface area contributed by atoms with E-state index in [1.807, 2.05) is 17.5 Å². The van der Waals surface area contributed by atoms with Crippen molar-refractivity contribution in [3.05, 3.63) is 59.5 Å². The Hall–Kier alpha value is -2.75. The zero-order valence-corrected chi connectivity index (χ0v) is 18.7. The van der Waals surface area contributed by atoms with Gasteiger partial charge in [0.05, 0.1) is 16.8 Å². The first-order valence-electron chi connectivity index (χ1n) is 10.1. The van der Waals surface area contributed by atoms with Crippen molar-refractivity contribution >= 4 is 32.7 Å². The van der Waals surface area contributed by atoms with Crippen molar-refractivity contribution < 1.29 is 13.5 Å². The molecule has 0 spiro atoms. The van der Waals surface area contributed by atoms with Gasteiger partial charge in [-0.15, -0.1) is 11.3 Å². The van der Waals surface area contributed by atoms with E-state index >= 15 is 0 Å². The van der Waals surface area contributed by atoms with E-state index in [4.69, 9.17) is 0 Å². The van der Waals surface area contributed by atoms with Crippen LogP contribution in [0.3, 0.4) is 0 Å². The number of aromatic hydroxyl groups is 1. The number of hydrazone groups is 1. The van der Waals surface area contributed by atoms with Gasteiger partial charge < -0.3 is 5.11 Å². The highest BCUT2D eigenvalue weighted by atomic mass is 32.2. The molecule has 7 nitrogen and oxygen atoms in total. The maximum atomic E-state index is 13.0. The molecule has 0 aliphatic carbocycles. The number of benzene rings is 2. The molecule has 0 amide bonds. The van der Waals surface area contributed by atoms with Crippen molar-refractivity contribution in [2.75, 3.05) is 18.5 Å². The highest BCUT2D eigenvalue weighted by molar-refractivity contribution is 7.89. The van der Waals surface area contributed by atoms with Gasteiger partial charge in [0.2, 0.25) is 15.2 Å². The first kappa shape index (κ1) is 21.5. The summed E-state index contributed by atoms with van der Waals surface area (Å²) in [7, 11) is -3.51. The predicted octanol–water partition coefficient (Wildman–Crippen LogP) is 4.38. The van der Waals surface area contributed by atoms with E-state index in [2.05, 4.69) is 22.4 Å². The number of anilines is 1. The average molecular weight is 457 g/mol. The van der Waals surface area contributed by atoms with Crippen LogP contribution in [0.15, 0.2) is 63.9 Å². The Morgan fingerprint density at radius 3 is 2.74 bits per heavy atom. The lowest BCUT2D eigenvalue weighted by atomic mass is 10.0. The highest BCUT2D eigenvalue weighted by Crippen LogP contribution is 2.29. The largest absolute Gasteiger partial charge is 0.508 e. The number of piperidine rings is 1. The molecule has 1 aliphatic heterocycles. The van der Waals surface area contributed by atoms with Crippen molar-refractivity contribution in [2.24, 2.45) is 11.0 Å². The van der Waals surface area contributed by atoms with Gasteiger partial charge in [-0.3, -0.25) is 5.43 Å². The molecule has 31 heavy (non-hydrogen) atoms. The summed E-state index contributed by atoms with van der Waals surface area (Å²) in [6, 6.07) is 13.7. The van der Waals surface area contributed by atoms with Gasteiger partial charge in [-0.25, -0.2) is 13.4 Å². The Labute approximate surface area is 186 Å². The number of nitrogens with zero attached hydrogens (tertiary/aromatic N) is 3. The van der Waals surface area contributed by atoms with Crippen LogP contribution in [0.5, 0.6) is 5.75 Å². The Bertz CT molecular complexity index is 1180. The lowest BCUT2D eigenvalue weighted by Crippen LogP contribution is -2.37. The molecule has 162 valence electrons. The van der Waals surface area contributed by atoms with Gasteiger partial charge in [0.1, 0.15) is 5.75 Å². The fourth-order valence-corrected chi connectivity index (χ4v) is 5.60. The molecule has 0 bridgehead atoms. The summed E-state index contributed by atoms with van der Waals surface area (Å²) in [5.74, 6) is 0.739. The molecule has 1 fully saturated rings. The first-order chi connectivity index (χ1) is 14.9. The molecule has 1 aliphatic rings. The molecule has 9 heteroatoms. The number of phenols is 1. The number of nitrogens with one attached hydrogen (secondary N) is 1. The summed E-state index contributed by atoms with van der Waals surface area (Å²) < 4.78 is 27.7. The molecular weight excluding hydrogens is 432 g/mol. The summed E-state index contributed by atoms with van der Waals surface area (Å²) in [6.45, 7) is 3.29. The SMILES string of the molecule is CC1CCN(S(=O)(=O)c2cccc(-c3csc(N/N=C/c4cccc(O)c4)n3)c2)CC1. The van der Waals surface area contributed by atoms with Crippen LogP contribution in [0.2, 0.25) is 0 Å². The summed E-state index contributed by atoms with van der Waals surface area (Å²) in [6.07, 6.45) is 3.37. The van der Waals surface area contributed by atoms with Gasteiger partial charge in [0.15, 0.2) is 0 Å². The molecule has 1 saturated heterocycles. The summed E-state index contributed by atoms with van der Waals surface area (Å²) in [5.41, 5.74) is 5.06. The minimum Gasteiger partial charge on any atom is -0.508 e. The average Bonchev–Trinajstić information content (AvgIpc) is 3.23. The third-order valence-electron chi connectivity index (χ3n) is 5.26. The topological polar surface area (TPSA) is 94.9 Å². The van der Waals surface area contributed by atoms with E-state index in [0.29, 0.717) is 34.7 Å². The van der Waals surface area contributed by atoms with E-state index in [0.717, 1.165) is 24.0 Å². The van der Waals surface area contributed by atoms with Crippen LogP contribution in [-0.2, 0) is 10.0 Å². The molecule has 1 aromatic heterocycles. The molecule has 0 atom stereocenters. The molecule has 4 rings (SSSR count). The molecular formula is C22H24N4O3S2. The highest BCUT2D eigenvalue weighted by Gasteiger charge is 2.28. The van der Waals surface area contributed by atoms with Crippen molar-refractivity contribution in [2.45, 2.75) is 24.7 Å². The molecule has 0 saturated carbocycles. The van der Waals surface area contributed by atoms with Crippen molar-refractivity contribution in [3.63, 3.8) is 0 Å². The number of rotatable bonds is 6. The monoisotopic (exact) mass is 456 g/mol. The van der Waals surface area contributed by atoms with Gasteiger partial charge in [-0.1, -0.05) is 31.2 Å². The van der Waals surface area contributed by atoms with Gasteiger partial charge in [-0.2, -0.15) is 9.41 Å². The first-order valence-corrected chi connectivity index (χ1v) is 12.4. The van der Waals surface area contributed by atoms with Gasteiger partial charge in [0, 0.05) is 24.0 Å². The number of thiazole rings is 1. The molecule has 0 unspecified atom stereocenters. The Morgan fingerprint density at radius 1 is 1.19 bits per heavy atom. The standard InChI is InChI=1S/C22H24N4O3S2/c1-16-8-10-26(11-9-16)31(28,29)20-7-3-5-18(13-20)21-15-30-22(24-21)25-23-14-17-4-2-6-19(27)12-17/h2-7,12-16,27H,8-11H2,1H3,(H,24,25)/b23-14+. The Balaban J connectivity index is 1.48. The summed E-state index contributed by atoms with van der Waals surface area (Å²) >= 11 is 1.38. The van der Waals surface area contributed by atoms with Crippen LogP contribution in [-0.4, -0.2) is 42.1 Å². The summed E-state index contributed by atoms with van der Waals surface area (Å²) in [4.78, 5) is 4.81. The zero-order chi connectivity index (χ0) is 21.8. The Kier molecular flexibility index (Phi) is 6.35. The normalized spacial score (nSPS) is 16.0. The second kappa shape index (κ2) is 9.17. The minimum atomic E-state index is -3.51. The second-order valence-electron chi connectivity index (χ2n) is 7.62. The Morgan fingerprint density at radius 2 is 1.97 bits per heavy atom. The van der Waals surface area contributed by atoms with E-state index in [1.54, 1.807) is 46.9 Å². The lowest BCUT2D eigenvalue weighted by molar-refractivity contribution is 0.288. The van der Waals surface area contributed by atoms with E-state index < -0.39 is 10.0 Å². The fraction of sp³-hybridized carbons (Fsp3) is 0.273. The number of hydrogen-bond acceptors (Lipinski definition) is 7. The second-order valence-corrected chi connectivity index (χ2v) is 10.4. The van der Waals surface area contributed by atoms with Crippen molar-refractivity contribution in [3.8, 4) is 17.0 Å². The van der Waals surface area contributed by atoms with E-state index in [-0.39, 0.29) is 5.75 Å². The summed E-state index contributed by atoms with van der Waals surface area (Å²) in [5, 5.41) is 16.1. The molecule has 0 radical (unpaired) electrons. The maximum Gasteiger partial charge on any atom is 0.243 e. The van der Waals surface area contributed by atoms with Crippen LogP contribution < -0.4 is 5.43 Å². The van der Waals surface area contributed by atoms with Crippen LogP contribution in [0.4, 0.5) is 5.13 Å². The maximum absolute atomic E-state index is 13.0. The quantitative estimate of drug-likeness (QED) is 0.424. The third-order valence-corrected chi connectivity index (χ3v) is 7.90. The smallest absolute Gasteiger partial charge is 0.243 e. The fourth-order valence-electron chi connectivity index (χ4n) is 3.42. The molecule has 2 aromatic carbocycles. The minimum absolute atomic E-state index is 0.175. The van der Waals surface area contributed by atoms with Crippen molar-refractivity contribution in [1.82, 2.24) is 9.29 Å². The van der Waals surface area contributed by atoms with E-state index in [9.17, 15) is 13.5 Å².